The van der Waals surface area contributed by atoms with Crippen molar-refractivity contribution in [3.05, 3.63) is 47.8 Å². The Kier molecular flexibility index (Phi) is 4.95. The minimum Gasteiger partial charge on any atom is -0.368 e. The largest absolute Gasteiger partial charge is 0.416 e. The topological polar surface area (TPSA) is 106 Å². The fourth-order valence-electron chi connectivity index (χ4n) is 2.22. The number of urea groups is 1. The summed E-state index contributed by atoms with van der Waals surface area (Å²) in [6, 6.07) is 5.29. The van der Waals surface area contributed by atoms with Crippen LogP contribution < -0.4 is 16.4 Å². The van der Waals surface area contributed by atoms with Crippen molar-refractivity contribution >= 4 is 34.1 Å². The second kappa shape index (κ2) is 7.19. The first-order valence-electron chi connectivity index (χ1n) is 7.54. The summed E-state index contributed by atoms with van der Waals surface area (Å²) in [4.78, 5) is 24.9. The average molecular weight is 394 g/mol. The molecule has 3 rings (SSSR count). The lowest BCUT2D eigenvalue weighted by atomic mass is 10.2. The number of nitrogen functional groups attached to an aromatic ring is 1. The highest BCUT2D eigenvalue weighted by atomic mass is 32.1. The van der Waals surface area contributed by atoms with Gasteiger partial charge in [0.2, 0.25) is 5.95 Å². The van der Waals surface area contributed by atoms with Crippen LogP contribution in [-0.4, -0.2) is 21.0 Å². The van der Waals surface area contributed by atoms with Gasteiger partial charge in [0.25, 0.3) is 0 Å². The molecular formula is C16H13F3N6OS. The fraction of sp³-hybridized carbons (Fsp3) is 0.125. The van der Waals surface area contributed by atoms with Gasteiger partial charge in [-0.25, -0.2) is 19.7 Å². The molecule has 2 heterocycles. The van der Waals surface area contributed by atoms with Crippen molar-refractivity contribution in [1.29, 1.82) is 0 Å². The number of thiazole rings is 1. The zero-order chi connectivity index (χ0) is 19.6. The first kappa shape index (κ1) is 18.6. The molecule has 0 saturated heterocycles. The number of aromatic nitrogens is 3. The smallest absolute Gasteiger partial charge is 0.368 e. The number of halogens is 3. The molecule has 0 aliphatic heterocycles. The number of carbonyl (C=O) groups is 1. The molecule has 2 aromatic heterocycles. The van der Waals surface area contributed by atoms with Crippen LogP contribution in [0.3, 0.4) is 0 Å². The first-order valence-corrected chi connectivity index (χ1v) is 8.35. The van der Waals surface area contributed by atoms with Gasteiger partial charge in [0.1, 0.15) is 0 Å². The zero-order valence-corrected chi connectivity index (χ0v) is 14.6. The van der Waals surface area contributed by atoms with E-state index in [2.05, 4.69) is 25.6 Å². The Hall–Kier alpha value is -3.21. The van der Waals surface area contributed by atoms with Gasteiger partial charge in [-0.2, -0.15) is 13.2 Å². The maximum atomic E-state index is 12.7. The third-order valence-electron chi connectivity index (χ3n) is 3.37. The van der Waals surface area contributed by atoms with Crippen LogP contribution in [0.15, 0.2) is 36.5 Å². The molecule has 2 amide bonds. The lowest BCUT2D eigenvalue weighted by molar-refractivity contribution is -0.137. The number of alkyl halides is 3. The van der Waals surface area contributed by atoms with Crippen molar-refractivity contribution in [2.45, 2.75) is 13.1 Å². The van der Waals surface area contributed by atoms with Gasteiger partial charge in [0.05, 0.1) is 21.8 Å². The van der Waals surface area contributed by atoms with Crippen LogP contribution >= 0.6 is 11.3 Å². The molecule has 0 aliphatic rings. The molecule has 0 aliphatic carbocycles. The molecule has 0 unspecified atom stereocenters. The molecule has 140 valence electrons. The Morgan fingerprint density at radius 3 is 2.67 bits per heavy atom. The highest BCUT2D eigenvalue weighted by molar-refractivity contribution is 7.19. The van der Waals surface area contributed by atoms with E-state index < -0.39 is 17.8 Å². The molecule has 4 N–H and O–H groups in total. The quantitative estimate of drug-likeness (QED) is 0.619. The third-order valence-corrected chi connectivity index (χ3v) is 4.47. The summed E-state index contributed by atoms with van der Waals surface area (Å²) in [6.45, 7) is 1.74. The maximum absolute atomic E-state index is 12.7. The van der Waals surface area contributed by atoms with E-state index in [1.54, 1.807) is 13.0 Å². The van der Waals surface area contributed by atoms with Gasteiger partial charge in [-0.05, 0) is 31.2 Å². The molecule has 11 heteroatoms. The van der Waals surface area contributed by atoms with Crippen molar-refractivity contribution in [3.63, 3.8) is 0 Å². The van der Waals surface area contributed by atoms with Gasteiger partial charge in [-0.15, -0.1) is 0 Å². The summed E-state index contributed by atoms with van der Waals surface area (Å²) < 4.78 is 38.2. The number of rotatable bonds is 3. The first-order chi connectivity index (χ1) is 12.7. The molecule has 27 heavy (non-hydrogen) atoms. The second-order valence-electron chi connectivity index (χ2n) is 5.39. The number of nitrogens with zero attached hydrogens (tertiary/aromatic N) is 3. The Morgan fingerprint density at radius 2 is 1.96 bits per heavy atom. The minimum absolute atomic E-state index is 0.0133. The van der Waals surface area contributed by atoms with Gasteiger partial charge >= 0.3 is 12.2 Å². The average Bonchev–Trinajstić information content (AvgIpc) is 2.94. The van der Waals surface area contributed by atoms with E-state index in [1.165, 1.54) is 18.3 Å². The van der Waals surface area contributed by atoms with E-state index >= 15 is 0 Å². The normalized spacial score (nSPS) is 11.3. The van der Waals surface area contributed by atoms with Gasteiger partial charge in [0, 0.05) is 11.9 Å². The summed E-state index contributed by atoms with van der Waals surface area (Å²) in [5, 5.41) is 5.11. The number of amides is 2. The second-order valence-corrected chi connectivity index (χ2v) is 6.39. The van der Waals surface area contributed by atoms with Crippen molar-refractivity contribution in [1.82, 2.24) is 15.0 Å². The molecule has 0 spiro atoms. The summed E-state index contributed by atoms with van der Waals surface area (Å²) in [5.74, 6) is 0.108. The molecule has 0 atom stereocenters. The number of hydrogen-bond acceptors (Lipinski definition) is 6. The zero-order valence-electron chi connectivity index (χ0n) is 13.8. The van der Waals surface area contributed by atoms with Crippen LogP contribution in [-0.2, 0) is 6.18 Å². The van der Waals surface area contributed by atoms with Gasteiger partial charge < -0.3 is 11.1 Å². The number of benzene rings is 1. The van der Waals surface area contributed by atoms with Gasteiger partial charge in [-0.3, -0.25) is 5.32 Å². The van der Waals surface area contributed by atoms with Gasteiger partial charge in [0.15, 0.2) is 5.13 Å². The van der Waals surface area contributed by atoms with E-state index in [4.69, 9.17) is 5.73 Å². The minimum atomic E-state index is -4.49. The van der Waals surface area contributed by atoms with Crippen molar-refractivity contribution < 1.29 is 18.0 Å². The molecule has 1 aromatic carbocycles. The summed E-state index contributed by atoms with van der Waals surface area (Å²) in [6.07, 6.45) is -2.99. The summed E-state index contributed by atoms with van der Waals surface area (Å²) in [7, 11) is 0. The third kappa shape index (κ3) is 4.50. The number of carbonyl (C=O) groups excluding carboxylic acids is 1. The Balaban J connectivity index is 1.73. The number of nitrogens with one attached hydrogen (secondary N) is 2. The molecule has 0 saturated carbocycles. The van der Waals surface area contributed by atoms with E-state index in [0.717, 1.165) is 23.5 Å². The van der Waals surface area contributed by atoms with E-state index in [9.17, 15) is 18.0 Å². The van der Waals surface area contributed by atoms with Crippen LogP contribution in [0.1, 0.15) is 11.3 Å². The molecular weight excluding hydrogens is 381 g/mol. The Morgan fingerprint density at radius 1 is 1.19 bits per heavy atom. The molecule has 3 aromatic rings. The number of hydrogen-bond donors (Lipinski definition) is 3. The standard InChI is InChI=1S/C16H13F3N6OS/c1-8-12(11-5-6-21-13(20)24-11)27-15(22-8)25-14(26)23-10-4-2-3-9(7-10)16(17,18)19/h2-7H,1H3,(H2,20,21,24)(H2,22,23,25,26). The van der Waals surface area contributed by atoms with Crippen molar-refractivity contribution in [3.8, 4) is 10.6 Å². The fourth-order valence-corrected chi connectivity index (χ4v) is 3.15. The Bertz CT molecular complexity index is 988. The maximum Gasteiger partial charge on any atom is 0.416 e. The molecule has 7 nitrogen and oxygen atoms in total. The monoisotopic (exact) mass is 394 g/mol. The van der Waals surface area contributed by atoms with Crippen LogP contribution in [0.25, 0.3) is 10.6 Å². The lowest BCUT2D eigenvalue weighted by Crippen LogP contribution is -2.19. The predicted molar refractivity (Wildman–Crippen MR) is 96.4 cm³/mol. The Labute approximate surface area is 155 Å². The predicted octanol–water partition coefficient (Wildman–Crippen LogP) is 4.15. The number of nitrogens with two attached hydrogens (primary N) is 1. The van der Waals surface area contributed by atoms with Crippen LogP contribution in [0.5, 0.6) is 0 Å². The van der Waals surface area contributed by atoms with Crippen molar-refractivity contribution in [2.24, 2.45) is 0 Å². The van der Waals surface area contributed by atoms with Gasteiger partial charge in [-0.1, -0.05) is 17.4 Å². The summed E-state index contributed by atoms with van der Waals surface area (Å²) >= 11 is 1.16. The highest BCUT2D eigenvalue weighted by Crippen LogP contribution is 2.32. The van der Waals surface area contributed by atoms with E-state index in [0.29, 0.717) is 16.3 Å². The van der Waals surface area contributed by atoms with E-state index in [-0.39, 0.29) is 16.8 Å². The van der Waals surface area contributed by atoms with Crippen molar-refractivity contribution in [2.75, 3.05) is 16.4 Å². The van der Waals surface area contributed by atoms with Crippen LogP contribution in [0, 0.1) is 6.92 Å². The number of anilines is 3. The molecule has 0 bridgehead atoms. The van der Waals surface area contributed by atoms with Crippen LogP contribution in [0.2, 0.25) is 0 Å². The molecule has 0 fully saturated rings. The molecule has 0 radical (unpaired) electrons. The lowest BCUT2D eigenvalue weighted by Gasteiger charge is -2.09. The SMILES string of the molecule is Cc1nc(NC(=O)Nc2cccc(C(F)(F)F)c2)sc1-c1ccnc(N)n1. The van der Waals surface area contributed by atoms with Crippen LogP contribution in [0.4, 0.5) is 34.7 Å². The number of aryl methyl sites for hydroxylation is 1. The highest BCUT2D eigenvalue weighted by Gasteiger charge is 2.30. The van der Waals surface area contributed by atoms with E-state index in [1.807, 2.05) is 0 Å². The summed E-state index contributed by atoms with van der Waals surface area (Å²) in [5.41, 5.74) is 5.90.